The van der Waals surface area contributed by atoms with Crippen LogP contribution >= 0.6 is 23.2 Å². The summed E-state index contributed by atoms with van der Waals surface area (Å²) < 4.78 is 4.63. The van der Waals surface area contributed by atoms with Gasteiger partial charge in [0.1, 0.15) is 16.7 Å². The third kappa shape index (κ3) is 9.07. The molecule has 43 heavy (non-hydrogen) atoms. The highest BCUT2D eigenvalue weighted by Gasteiger charge is 2.22. The maximum atomic E-state index is 13.3. The molecule has 11 heteroatoms. The maximum Gasteiger partial charge on any atom is 0.411 e. The average Bonchev–Trinajstić information content (AvgIpc) is 3.41. The van der Waals surface area contributed by atoms with Crippen LogP contribution in [0.1, 0.15) is 48.3 Å². The summed E-state index contributed by atoms with van der Waals surface area (Å²) in [6, 6.07) is 21.8. The van der Waals surface area contributed by atoms with Crippen LogP contribution in [0.2, 0.25) is 10.2 Å². The van der Waals surface area contributed by atoms with E-state index in [2.05, 4.69) is 25.7 Å². The maximum absolute atomic E-state index is 13.3. The largest absolute Gasteiger partial charge is 0.453 e. The first-order chi connectivity index (χ1) is 20.7. The Balaban J connectivity index is 1.51. The number of nitrogens with zero attached hydrogens (tertiary/aromatic N) is 1. The second-order valence-corrected chi connectivity index (χ2v) is 10.6. The van der Waals surface area contributed by atoms with Crippen LogP contribution in [-0.4, -0.2) is 35.0 Å². The van der Waals surface area contributed by atoms with Crippen LogP contribution < -0.4 is 16.0 Å². The molecule has 4 N–H and O–H groups in total. The Morgan fingerprint density at radius 1 is 0.953 bits per heavy atom. The van der Waals surface area contributed by atoms with Gasteiger partial charge in [0.05, 0.1) is 13.2 Å². The van der Waals surface area contributed by atoms with E-state index in [1.165, 1.54) is 7.11 Å². The van der Waals surface area contributed by atoms with E-state index in [4.69, 9.17) is 28.2 Å². The van der Waals surface area contributed by atoms with Gasteiger partial charge in [0.2, 0.25) is 11.8 Å². The van der Waals surface area contributed by atoms with Gasteiger partial charge >= 0.3 is 6.09 Å². The van der Waals surface area contributed by atoms with Crippen LogP contribution in [0.15, 0.2) is 72.8 Å². The first-order valence-corrected chi connectivity index (χ1v) is 14.6. The van der Waals surface area contributed by atoms with Crippen molar-refractivity contribution in [3.8, 4) is 11.3 Å². The number of carbonyl (C=O) groups excluding carboxylic acids is 3. The number of rotatable bonds is 12. The Hall–Kier alpha value is -4.34. The molecule has 3 amide bonds. The molecular weight excluding hydrogens is 589 g/mol. The smallest absolute Gasteiger partial charge is 0.411 e. The lowest BCUT2D eigenvalue weighted by molar-refractivity contribution is -0.122. The van der Waals surface area contributed by atoms with Crippen molar-refractivity contribution in [2.45, 2.75) is 45.2 Å². The number of hydrogen-bond acceptors (Lipinski definition) is 5. The number of aryl methyl sites for hydroxylation is 1. The number of amides is 3. The Bertz CT molecular complexity index is 1560. The molecule has 3 aromatic carbocycles. The van der Waals surface area contributed by atoms with Crippen molar-refractivity contribution in [2.24, 2.45) is 0 Å². The molecule has 4 rings (SSSR count). The molecule has 0 saturated carbocycles. The van der Waals surface area contributed by atoms with Crippen LogP contribution in [0.5, 0.6) is 0 Å². The summed E-state index contributed by atoms with van der Waals surface area (Å²) >= 11 is 12.8. The number of hydrogen-bond donors (Lipinski definition) is 4. The molecule has 1 heterocycles. The van der Waals surface area contributed by atoms with Crippen molar-refractivity contribution in [3.63, 3.8) is 0 Å². The van der Waals surface area contributed by atoms with Gasteiger partial charge in [-0.05, 0) is 53.8 Å². The van der Waals surface area contributed by atoms with Gasteiger partial charge < -0.3 is 20.4 Å². The Morgan fingerprint density at radius 3 is 2.40 bits per heavy atom. The lowest BCUT2D eigenvalue weighted by Gasteiger charge is -2.18. The Morgan fingerprint density at radius 2 is 1.70 bits per heavy atom. The summed E-state index contributed by atoms with van der Waals surface area (Å²) in [7, 11) is 1.29. The SMILES string of the molecule is CCC(=O)NCc1ccc(Cl)cc1CCC(=O)N[C@@H](Cc1ccccc1)c1nc(-c2ccc(NC(=O)OC)cc2)c(Cl)[nH]1. The topological polar surface area (TPSA) is 125 Å². The highest BCUT2D eigenvalue weighted by atomic mass is 35.5. The monoisotopic (exact) mass is 621 g/mol. The number of benzene rings is 3. The number of ether oxygens (including phenoxy) is 1. The lowest BCUT2D eigenvalue weighted by Crippen LogP contribution is -2.31. The zero-order valence-electron chi connectivity index (χ0n) is 23.9. The van der Waals surface area contributed by atoms with Gasteiger partial charge in [-0.1, -0.05) is 78.7 Å². The summed E-state index contributed by atoms with van der Waals surface area (Å²) in [5, 5.41) is 9.50. The van der Waals surface area contributed by atoms with Crippen LogP contribution in [0.25, 0.3) is 11.3 Å². The number of aromatic nitrogens is 2. The average molecular weight is 623 g/mol. The van der Waals surface area contributed by atoms with E-state index in [1.807, 2.05) is 42.5 Å². The van der Waals surface area contributed by atoms with Crippen LogP contribution in [-0.2, 0) is 33.7 Å². The van der Waals surface area contributed by atoms with Crippen LogP contribution in [0.4, 0.5) is 10.5 Å². The second kappa shape index (κ2) is 15.2. The molecule has 224 valence electrons. The normalized spacial score (nSPS) is 11.4. The minimum atomic E-state index is -0.567. The van der Waals surface area contributed by atoms with Gasteiger partial charge in [0.15, 0.2) is 0 Å². The number of H-pyrrole nitrogens is 1. The van der Waals surface area contributed by atoms with Crippen molar-refractivity contribution < 1.29 is 19.1 Å². The fourth-order valence-electron chi connectivity index (χ4n) is 4.50. The second-order valence-electron chi connectivity index (χ2n) is 9.83. The number of carbonyl (C=O) groups is 3. The van der Waals surface area contributed by atoms with Gasteiger partial charge in [0.25, 0.3) is 0 Å². The molecule has 0 radical (unpaired) electrons. The molecule has 0 spiro atoms. The van der Waals surface area contributed by atoms with E-state index in [-0.39, 0.29) is 18.2 Å². The van der Waals surface area contributed by atoms with E-state index >= 15 is 0 Å². The summed E-state index contributed by atoms with van der Waals surface area (Å²) in [6.45, 7) is 2.16. The zero-order chi connectivity index (χ0) is 30.8. The predicted octanol–water partition coefficient (Wildman–Crippen LogP) is 6.62. The predicted molar refractivity (Wildman–Crippen MR) is 168 cm³/mol. The Kier molecular flexibility index (Phi) is 11.2. The lowest BCUT2D eigenvalue weighted by atomic mass is 10.0. The van der Waals surface area contributed by atoms with E-state index in [0.717, 1.165) is 22.3 Å². The van der Waals surface area contributed by atoms with Crippen molar-refractivity contribution in [3.05, 3.63) is 105 Å². The molecule has 0 saturated heterocycles. The number of nitrogens with one attached hydrogen (secondary N) is 4. The zero-order valence-corrected chi connectivity index (χ0v) is 25.4. The van der Waals surface area contributed by atoms with Gasteiger partial charge in [0, 0.05) is 35.7 Å². The first kappa shape index (κ1) is 31.6. The van der Waals surface area contributed by atoms with Crippen molar-refractivity contribution in [1.29, 1.82) is 0 Å². The number of imidazole rings is 1. The molecule has 0 aliphatic carbocycles. The van der Waals surface area contributed by atoms with Gasteiger partial charge in [-0.3, -0.25) is 14.9 Å². The quantitative estimate of drug-likeness (QED) is 0.141. The van der Waals surface area contributed by atoms with Crippen molar-refractivity contribution >= 4 is 46.8 Å². The Labute approximate surface area is 260 Å². The fourth-order valence-corrected chi connectivity index (χ4v) is 4.95. The van der Waals surface area contributed by atoms with E-state index in [1.54, 1.807) is 37.3 Å². The van der Waals surface area contributed by atoms with Gasteiger partial charge in [-0.2, -0.15) is 0 Å². The van der Waals surface area contributed by atoms with Crippen LogP contribution in [0.3, 0.4) is 0 Å². The van der Waals surface area contributed by atoms with Gasteiger partial charge in [-0.25, -0.2) is 9.78 Å². The molecule has 4 aromatic rings. The van der Waals surface area contributed by atoms with Gasteiger partial charge in [-0.15, -0.1) is 0 Å². The van der Waals surface area contributed by atoms with E-state index < -0.39 is 12.1 Å². The highest BCUT2D eigenvalue weighted by molar-refractivity contribution is 6.32. The number of anilines is 1. The summed E-state index contributed by atoms with van der Waals surface area (Å²) in [5.41, 5.74) is 4.64. The first-order valence-electron chi connectivity index (χ1n) is 13.8. The number of methoxy groups -OCH3 is 1. The highest BCUT2D eigenvalue weighted by Crippen LogP contribution is 2.29. The third-order valence-corrected chi connectivity index (χ3v) is 7.31. The van der Waals surface area contributed by atoms with Crippen molar-refractivity contribution in [2.75, 3.05) is 12.4 Å². The minimum absolute atomic E-state index is 0.0484. The molecule has 9 nitrogen and oxygen atoms in total. The molecule has 0 aliphatic rings. The molecular formula is C32H33Cl2N5O4. The molecule has 0 fully saturated rings. The summed E-state index contributed by atoms with van der Waals surface area (Å²) in [4.78, 5) is 44.5. The van der Waals surface area contributed by atoms with E-state index in [9.17, 15) is 14.4 Å². The molecule has 1 atom stereocenters. The third-order valence-electron chi connectivity index (χ3n) is 6.80. The van der Waals surface area contributed by atoms with E-state index in [0.29, 0.717) is 53.2 Å². The van der Waals surface area contributed by atoms with Crippen LogP contribution in [0, 0.1) is 0 Å². The number of aromatic amines is 1. The molecule has 0 bridgehead atoms. The number of halogens is 2. The minimum Gasteiger partial charge on any atom is -0.453 e. The summed E-state index contributed by atoms with van der Waals surface area (Å²) in [5.74, 6) is 0.295. The standard InChI is InChI=1S/C32H33Cl2N5O4/c1-3-27(40)35-19-23-9-13-24(33)18-22(23)12-16-28(41)37-26(17-20-7-5-4-6-8-20)31-38-29(30(34)39-31)21-10-14-25(15-11-21)36-32(42)43-2/h4-11,13-15,18,26H,3,12,16-17,19H2,1-2H3,(H,35,40)(H,36,42)(H,37,41)(H,38,39)/t26-/m0/s1. The fraction of sp³-hybridized carbons (Fsp3) is 0.250. The van der Waals surface area contributed by atoms with Crippen molar-refractivity contribution in [1.82, 2.24) is 20.6 Å². The molecule has 1 aromatic heterocycles. The molecule has 0 unspecified atom stereocenters. The summed E-state index contributed by atoms with van der Waals surface area (Å²) in [6.07, 6.45) is 0.962. The molecule has 0 aliphatic heterocycles.